The van der Waals surface area contributed by atoms with Crippen molar-refractivity contribution in [3.63, 3.8) is 0 Å². The maximum Gasteiger partial charge on any atom is 0.328 e. The number of hydrogen-bond acceptors (Lipinski definition) is 7. The van der Waals surface area contributed by atoms with Crippen LogP contribution in [0.5, 0.6) is 5.75 Å². The highest BCUT2D eigenvalue weighted by Crippen LogP contribution is 2.20. The zero-order valence-corrected chi connectivity index (χ0v) is 22.5. The second-order valence-corrected chi connectivity index (χ2v) is 9.15. The van der Waals surface area contributed by atoms with E-state index in [1.165, 1.54) is 0 Å². The summed E-state index contributed by atoms with van der Waals surface area (Å²) in [7, 11) is 1.66. The quantitative estimate of drug-likeness (QED) is 0.384. The van der Waals surface area contributed by atoms with Crippen LogP contribution >= 0.6 is 36.6 Å². The molecule has 2 atom stereocenters. The molecule has 1 amide bonds. The van der Waals surface area contributed by atoms with Gasteiger partial charge in [-0.05, 0) is 57.7 Å². The van der Waals surface area contributed by atoms with E-state index in [1.807, 2.05) is 44.4 Å². The Labute approximate surface area is 214 Å². The van der Waals surface area contributed by atoms with Crippen LogP contribution in [-0.2, 0) is 20.9 Å². The van der Waals surface area contributed by atoms with Gasteiger partial charge in [0.1, 0.15) is 11.8 Å². The minimum atomic E-state index is -0.625. The predicted molar refractivity (Wildman–Crippen MR) is 140 cm³/mol. The molecule has 2 N–H and O–H groups in total. The molecule has 1 heterocycles. The first-order valence-corrected chi connectivity index (χ1v) is 12.4. The smallest absolute Gasteiger partial charge is 0.328 e. The second-order valence-electron chi connectivity index (χ2n) is 8.16. The lowest BCUT2D eigenvalue weighted by Crippen LogP contribution is -2.48. The van der Waals surface area contributed by atoms with Gasteiger partial charge in [0.15, 0.2) is 0 Å². The Kier molecular flexibility index (Phi) is 16.7. The van der Waals surface area contributed by atoms with Crippen LogP contribution in [0.3, 0.4) is 0 Å². The van der Waals surface area contributed by atoms with Crippen LogP contribution in [0.25, 0.3) is 0 Å². The first-order valence-electron chi connectivity index (χ1n) is 11.0. The van der Waals surface area contributed by atoms with E-state index >= 15 is 0 Å². The fraction of sp³-hybridized carbons (Fsp3) is 0.652. The molecule has 10 heteroatoms. The molecule has 7 nitrogen and oxygen atoms in total. The summed E-state index contributed by atoms with van der Waals surface area (Å²) in [6.07, 6.45) is 4.57. The van der Waals surface area contributed by atoms with E-state index in [2.05, 4.69) is 15.5 Å². The third kappa shape index (κ3) is 11.7. The molecule has 1 aromatic rings. The topological polar surface area (TPSA) is 79.9 Å². The van der Waals surface area contributed by atoms with Crippen LogP contribution in [0, 0.1) is 0 Å². The third-order valence-corrected chi connectivity index (χ3v) is 5.82. The van der Waals surface area contributed by atoms with Crippen molar-refractivity contribution >= 4 is 48.5 Å². The van der Waals surface area contributed by atoms with Gasteiger partial charge in [-0.25, -0.2) is 4.79 Å². The van der Waals surface area contributed by atoms with Gasteiger partial charge in [0.05, 0.1) is 19.8 Å². The molecule has 0 aromatic heterocycles. The summed E-state index contributed by atoms with van der Waals surface area (Å²) in [5.41, 5.74) is 1.04. The Morgan fingerprint density at radius 2 is 2.00 bits per heavy atom. The largest absolute Gasteiger partial charge is 0.496 e. The van der Waals surface area contributed by atoms with Gasteiger partial charge in [-0.1, -0.05) is 18.2 Å². The molecule has 0 unspecified atom stereocenters. The van der Waals surface area contributed by atoms with Crippen molar-refractivity contribution in [3.05, 3.63) is 29.8 Å². The number of para-hydroxylation sites is 1. The SMILES string of the molecule is COc1ccccc1CN(CC(=O)N[C@@H](CCSC)C(=O)OC(C)C)C[C@@H]1CCCN1.Cl.Cl. The van der Waals surface area contributed by atoms with E-state index in [9.17, 15) is 9.59 Å². The number of methoxy groups -OCH3 is 1. The van der Waals surface area contributed by atoms with Gasteiger partial charge in [-0.15, -0.1) is 24.8 Å². The van der Waals surface area contributed by atoms with E-state index in [4.69, 9.17) is 9.47 Å². The number of benzene rings is 1. The highest BCUT2D eigenvalue weighted by molar-refractivity contribution is 7.98. The van der Waals surface area contributed by atoms with Crippen LogP contribution in [0.15, 0.2) is 24.3 Å². The van der Waals surface area contributed by atoms with Gasteiger partial charge < -0.3 is 20.1 Å². The highest BCUT2D eigenvalue weighted by Gasteiger charge is 2.25. The molecule has 2 rings (SSSR count). The number of nitrogens with one attached hydrogen (secondary N) is 2. The van der Waals surface area contributed by atoms with Crippen molar-refractivity contribution in [1.29, 1.82) is 0 Å². The minimum Gasteiger partial charge on any atom is -0.496 e. The molecular formula is C23H39Cl2N3O4S. The van der Waals surface area contributed by atoms with Crippen LogP contribution in [-0.4, -0.2) is 73.7 Å². The molecule has 0 spiro atoms. The van der Waals surface area contributed by atoms with E-state index < -0.39 is 6.04 Å². The minimum absolute atomic E-state index is 0. The summed E-state index contributed by atoms with van der Waals surface area (Å²) in [6.45, 7) is 6.21. The average Bonchev–Trinajstić information content (AvgIpc) is 3.23. The van der Waals surface area contributed by atoms with Gasteiger partial charge in [-0.3, -0.25) is 9.69 Å². The summed E-state index contributed by atoms with van der Waals surface area (Å²) in [5.74, 6) is 1.05. The van der Waals surface area contributed by atoms with Crippen molar-refractivity contribution in [2.24, 2.45) is 0 Å². The van der Waals surface area contributed by atoms with Crippen LogP contribution in [0.2, 0.25) is 0 Å². The lowest BCUT2D eigenvalue weighted by atomic mass is 10.1. The number of amides is 1. The Balaban J connectivity index is 0.00000512. The molecule has 190 valence electrons. The van der Waals surface area contributed by atoms with Crippen LogP contribution in [0.1, 0.15) is 38.7 Å². The number of rotatable bonds is 13. The maximum atomic E-state index is 12.9. The molecule has 0 aliphatic carbocycles. The number of carbonyl (C=O) groups is 2. The highest BCUT2D eigenvalue weighted by atomic mass is 35.5. The Hall–Kier alpha value is -1.19. The number of thioether (sulfide) groups is 1. The van der Waals surface area contributed by atoms with Crippen molar-refractivity contribution in [2.45, 2.75) is 57.8 Å². The molecule has 1 fully saturated rings. The molecule has 0 saturated carbocycles. The second kappa shape index (κ2) is 17.3. The fourth-order valence-corrected chi connectivity index (χ4v) is 4.20. The number of hydrogen-bond donors (Lipinski definition) is 2. The van der Waals surface area contributed by atoms with E-state index in [0.717, 1.165) is 43.0 Å². The maximum absolute atomic E-state index is 12.9. The summed E-state index contributed by atoms with van der Waals surface area (Å²) < 4.78 is 10.8. The van der Waals surface area contributed by atoms with Gasteiger partial charge in [0.25, 0.3) is 0 Å². The monoisotopic (exact) mass is 523 g/mol. The molecular weight excluding hydrogens is 485 g/mol. The number of ether oxygens (including phenoxy) is 2. The molecule has 1 aliphatic rings. The normalized spacial score (nSPS) is 16.0. The van der Waals surface area contributed by atoms with Crippen LogP contribution in [0.4, 0.5) is 0 Å². The van der Waals surface area contributed by atoms with Gasteiger partial charge in [-0.2, -0.15) is 11.8 Å². The summed E-state index contributed by atoms with van der Waals surface area (Å²) >= 11 is 1.64. The lowest BCUT2D eigenvalue weighted by molar-refractivity contribution is -0.151. The Morgan fingerprint density at radius 3 is 2.61 bits per heavy atom. The zero-order valence-electron chi connectivity index (χ0n) is 20.0. The standard InChI is InChI=1S/C23H37N3O4S.2ClH/c1-17(2)30-23(28)20(11-13-31-4)25-22(27)16-26(15-19-9-7-12-24-19)14-18-8-5-6-10-21(18)29-3;;/h5-6,8,10,17,19-20,24H,7,9,11-16H2,1-4H3,(H,25,27);2*1H/t19-,20-;;/m0../s1. The third-order valence-electron chi connectivity index (χ3n) is 5.18. The average molecular weight is 525 g/mol. The molecule has 0 bridgehead atoms. The number of halogens is 2. The van der Waals surface area contributed by atoms with E-state index in [-0.39, 0.29) is 49.3 Å². The number of nitrogens with zero attached hydrogens (tertiary/aromatic N) is 1. The predicted octanol–water partition coefficient (Wildman–Crippen LogP) is 3.28. The molecule has 1 aromatic carbocycles. The van der Waals surface area contributed by atoms with E-state index in [0.29, 0.717) is 19.0 Å². The lowest BCUT2D eigenvalue weighted by Gasteiger charge is -2.27. The molecule has 1 aliphatic heterocycles. The molecule has 0 radical (unpaired) electrons. The summed E-state index contributed by atoms with van der Waals surface area (Å²) in [6, 6.07) is 7.61. The van der Waals surface area contributed by atoms with E-state index in [1.54, 1.807) is 18.9 Å². The summed E-state index contributed by atoms with van der Waals surface area (Å²) in [4.78, 5) is 27.5. The van der Waals surface area contributed by atoms with Gasteiger partial charge in [0.2, 0.25) is 5.91 Å². The van der Waals surface area contributed by atoms with Crippen molar-refractivity contribution in [3.8, 4) is 5.75 Å². The van der Waals surface area contributed by atoms with Gasteiger partial charge >= 0.3 is 5.97 Å². The summed E-state index contributed by atoms with van der Waals surface area (Å²) in [5, 5.41) is 6.41. The van der Waals surface area contributed by atoms with Crippen LogP contribution < -0.4 is 15.4 Å². The van der Waals surface area contributed by atoms with Crippen molar-refractivity contribution in [2.75, 3.05) is 38.8 Å². The molecule has 1 saturated heterocycles. The Bertz CT molecular complexity index is 706. The van der Waals surface area contributed by atoms with Gasteiger partial charge in [0, 0.05) is 24.7 Å². The number of esters is 1. The first-order chi connectivity index (χ1) is 14.9. The van der Waals surface area contributed by atoms with Crippen molar-refractivity contribution < 1.29 is 19.1 Å². The molecule has 33 heavy (non-hydrogen) atoms. The fourth-order valence-electron chi connectivity index (χ4n) is 3.73. The number of carbonyl (C=O) groups excluding carboxylic acids is 2. The first kappa shape index (κ1) is 31.8. The Morgan fingerprint density at radius 1 is 1.27 bits per heavy atom. The van der Waals surface area contributed by atoms with Crippen molar-refractivity contribution in [1.82, 2.24) is 15.5 Å². The zero-order chi connectivity index (χ0) is 22.6.